The molecule has 156 valence electrons. The Hall–Kier alpha value is -2.56. The molecule has 3 rings (SSSR count). The number of imide groups is 1. The Morgan fingerprint density at radius 2 is 1.90 bits per heavy atom. The minimum absolute atomic E-state index is 0.262. The van der Waals surface area contributed by atoms with Crippen LogP contribution in [0.5, 0.6) is 11.5 Å². The van der Waals surface area contributed by atoms with Crippen LogP contribution in [-0.4, -0.2) is 81.0 Å². The number of nitrogens with one attached hydrogen (secondary N) is 2. The molecule has 3 amide bonds. The van der Waals surface area contributed by atoms with Crippen molar-refractivity contribution in [2.75, 3.05) is 54.0 Å². The number of thioether (sulfide) groups is 1. The van der Waals surface area contributed by atoms with Gasteiger partial charge in [-0.3, -0.25) is 24.7 Å². The van der Waals surface area contributed by atoms with Gasteiger partial charge < -0.3 is 14.4 Å². The maximum atomic E-state index is 12.6. The maximum absolute atomic E-state index is 12.6. The number of amides is 3. The van der Waals surface area contributed by atoms with Gasteiger partial charge in [-0.1, -0.05) is 6.07 Å². The number of piperazine rings is 1. The van der Waals surface area contributed by atoms with Gasteiger partial charge >= 0.3 is 0 Å². The summed E-state index contributed by atoms with van der Waals surface area (Å²) in [4.78, 5) is 39.8. The molecule has 0 saturated carbocycles. The van der Waals surface area contributed by atoms with Gasteiger partial charge in [-0.15, -0.1) is 0 Å². The summed E-state index contributed by atoms with van der Waals surface area (Å²) in [7, 11) is 5.16. The third-order valence-corrected chi connectivity index (χ3v) is 5.69. The van der Waals surface area contributed by atoms with Crippen LogP contribution in [0.15, 0.2) is 23.1 Å². The van der Waals surface area contributed by atoms with Crippen molar-refractivity contribution in [2.45, 2.75) is 0 Å². The SMILES string of the molecule is COc1ccc(/C=C2\SC(=O)N(CC(=O)NN3CC[NH+](C)CC3)C2=O)cc1OC. The molecule has 2 N–H and O–H groups in total. The second kappa shape index (κ2) is 9.29. The van der Waals surface area contributed by atoms with Crippen molar-refractivity contribution in [3.8, 4) is 11.5 Å². The van der Waals surface area contributed by atoms with E-state index in [-0.39, 0.29) is 17.4 Å². The summed E-state index contributed by atoms with van der Waals surface area (Å²) >= 11 is 0.818. The van der Waals surface area contributed by atoms with Crippen LogP contribution in [0, 0.1) is 0 Å². The average molecular weight is 421 g/mol. The molecule has 2 aliphatic rings. The summed E-state index contributed by atoms with van der Waals surface area (Å²) in [5.41, 5.74) is 3.47. The van der Waals surface area contributed by atoms with Crippen LogP contribution >= 0.6 is 11.8 Å². The Morgan fingerprint density at radius 1 is 1.21 bits per heavy atom. The van der Waals surface area contributed by atoms with Crippen LogP contribution in [-0.2, 0) is 9.59 Å². The number of methoxy groups -OCH3 is 2. The second-order valence-electron chi connectivity index (χ2n) is 6.86. The maximum Gasteiger partial charge on any atom is 0.294 e. The molecule has 2 aliphatic heterocycles. The first-order chi connectivity index (χ1) is 13.9. The second-order valence-corrected chi connectivity index (χ2v) is 7.85. The Morgan fingerprint density at radius 3 is 2.55 bits per heavy atom. The van der Waals surface area contributed by atoms with Gasteiger partial charge in [0, 0.05) is 0 Å². The molecule has 0 unspecified atom stereocenters. The van der Waals surface area contributed by atoms with Crippen molar-refractivity contribution in [2.24, 2.45) is 0 Å². The van der Waals surface area contributed by atoms with Crippen LogP contribution in [0.3, 0.4) is 0 Å². The first-order valence-corrected chi connectivity index (χ1v) is 10.1. The first kappa shape index (κ1) is 21.2. The lowest BCUT2D eigenvalue weighted by Gasteiger charge is -2.30. The molecule has 0 spiro atoms. The first-order valence-electron chi connectivity index (χ1n) is 9.24. The fraction of sp³-hybridized carbons (Fsp3) is 0.421. The van der Waals surface area contributed by atoms with E-state index in [1.54, 1.807) is 24.3 Å². The molecule has 2 fully saturated rings. The van der Waals surface area contributed by atoms with Crippen LogP contribution in [0.1, 0.15) is 5.56 Å². The van der Waals surface area contributed by atoms with Crippen molar-refractivity contribution in [3.05, 3.63) is 28.7 Å². The van der Waals surface area contributed by atoms with Crippen molar-refractivity contribution in [1.29, 1.82) is 0 Å². The predicted molar refractivity (Wildman–Crippen MR) is 109 cm³/mol. The minimum Gasteiger partial charge on any atom is -0.493 e. The summed E-state index contributed by atoms with van der Waals surface area (Å²) in [6, 6.07) is 5.20. The average Bonchev–Trinajstić information content (AvgIpc) is 2.97. The van der Waals surface area contributed by atoms with Gasteiger partial charge in [-0.05, 0) is 35.5 Å². The van der Waals surface area contributed by atoms with Crippen LogP contribution in [0.25, 0.3) is 6.08 Å². The van der Waals surface area contributed by atoms with Gasteiger partial charge in [-0.2, -0.15) is 0 Å². The standard InChI is InChI=1S/C19H24N4O5S/c1-21-6-8-22(9-7-21)20-17(24)12-23-18(25)16(29-19(23)26)11-13-4-5-14(27-2)15(10-13)28-3/h4-5,10-11H,6-9,12H2,1-3H3,(H,20,24)/p+1/b16-11-. The predicted octanol–water partition coefficient (Wildman–Crippen LogP) is -0.398. The molecule has 2 heterocycles. The number of carbonyl (C=O) groups is 3. The number of ether oxygens (including phenoxy) is 2. The Bertz CT molecular complexity index is 836. The van der Waals surface area contributed by atoms with Gasteiger partial charge in [0.2, 0.25) is 0 Å². The lowest BCUT2D eigenvalue weighted by atomic mass is 10.2. The number of hydrogen-bond donors (Lipinski definition) is 2. The molecule has 9 nitrogen and oxygen atoms in total. The van der Waals surface area contributed by atoms with Gasteiger partial charge in [0.05, 0.1) is 52.4 Å². The number of hydrogen-bond acceptors (Lipinski definition) is 7. The number of carbonyl (C=O) groups excluding carboxylic acids is 3. The van der Waals surface area contributed by atoms with Gasteiger partial charge in [0.1, 0.15) is 6.54 Å². The fourth-order valence-electron chi connectivity index (χ4n) is 3.09. The zero-order valence-corrected chi connectivity index (χ0v) is 17.5. The van der Waals surface area contributed by atoms with E-state index in [0.717, 1.165) is 42.8 Å². The number of rotatable bonds is 6. The van der Waals surface area contributed by atoms with Crippen LogP contribution < -0.4 is 19.8 Å². The zero-order valence-electron chi connectivity index (χ0n) is 16.7. The molecule has 0 bridgehead atoms. The largest absolute Gasteiger partial charge is 0.493 e. The van der Waals surface area contributed by atoms with E-state index < -0.39 is 11.1 Å². The van der Waals surface area contributed by atoms with Crippen molar-refractivity contribution >= 4 is 34.9 Å². The minimum atomic E-state index is -0.479. The highest BCUT2D eigenvalue weighted by molar-refractivity contribution is 8.18. The van der Waals surface area contributed by atoms with E-state index in [1.165, 1.54) is 19.1 Å². The topological polar surface area (TPSA) is 92.6 Å². The summed E-state index contributed by atoms with van der Waals surface area (Å²) in [6.07, 6.45) is 1.61. The van der Waals surface area contributed by atoms with Gasteiger partial charge in [0.15, 0.2) is 11.5 Å². The Kier molecular flexibility index (Phi) is 6.78. The molecule has 0 radical (unpaired) electrons. The number of hydrazine groups is 1. The molecule has 0 aliphatic carbocycles. The van der Waals surface area contributed by atoms with E-state index in [1.807, 2.05) is 5.01 Å². The highest BCUT2D eigenvalue weighted by Crippen LogP contribution is 2.34. The number of benzene rings is 1. The molecule has 0 aromatic heterocycles. The number of quaternary nitrogens is 1. The molecular weight excluding hydrogens is 396 g/mol. The van der Waals surface area contributed by atoms with Crippen molar-refractivity contribution in [3.63, 3.8) is 0 Å². The van der Waals surface area contributed by atoms with E-state index in [9.17, 15) is 14.4 Å². The van der Waals surface area contributed by atoms with Crippen LogP contribution in [0.2, 0.25) is 0 Å². The van der Waals surface area contributed by atoms with E-state index in [2.05, 4.69) is 12.5 Å². The lowest BCUT2D eigenvalue weighted by molar-refractivity contribution is -0.884. The van der Waals surface area contributed by atoms with E-state index >= 15 is 0 Å². The van der Waals surface area contributed by atoms with Crippen LogP contribution in [0.4, 0.5) is 4.79 Å². The molecule has 1 aromatic carbocycles. The summed E-state index contributed by atoms with van der Waals surface area (Å²) in [5.74, 6) is 0.237. The fourth-order valence-corrected chi connectivity index (χ4v) is 3.92. The van der Waals surface area contributed by atoms with Gasteiger partial charge in [-0.25, -0.2) is 5.01 Å². The molecule has 0 atom stereocenters. The number of likely N-dealkylation sites (N-methyl/N-ethyl adjacent to an activating group) is 1. The monoisotopic (exact) mass is 421 g/mol. The van der Waals surface area contributed by atoms with Gasteiger partial charge in [0.25, 0.3) is 17.1 Å². The molecule has 1 aromatic rings. The smallest absolute Gasteiger partial charge is 0.294 e. The van der Waals surface area contributed by atoms with Crippen molar-refractivity contribution in [1.82, 2.24) is 15.3 Å². The third kappa shape index (κ3) is 5.08. The quantitative estimate of drug-likeness (QED) is 0.604. The summed E-state index contributed by atoms with van der Waals surface area (Å²) < 4.78 is 10.5. The summed E-state index contributed by atoms with van der Waals surface area (Å²) in [6.45, 7) is 3.02. The third-order valence-electron chi connectivity index (χ3n) is 4.78. The Balaban J connectivity index is 1.64. The molecule has 29 heavy (non-hydrogen) atoms. The van der Waals surface area contributed by atoms with Crippen molar-refractivity contribution < 1.29 is 28.8 Å². The summed E-state index contributed by atoms with van der Waals surface area (Å²) in [5, 5.41) is 1.37. The van der Waals surface area contributed by atoms with E-state index in [4.69, 9.17) is 9.47 Å². The van der Waals surface area contributed by atoms with E-state index in [0.29, 0.717) is 17.1 Å². The lowest BCUT2D eigenvalue weighted by Crippen LogP contribution is -3.12. The highest BCUT2D eigenvalue weighted by Gasteiger charge is 2.36. The Labute approximate surface area is 173 Å². The number of nitrogens with zero attached hydrogens (tertiary/aromatic N) is 2. The molecular formula is C19H25N4O5S+. The molecule has 2 saturated heterocycles. The zero-order chi connectivity index (χ0) is 21.0. The molecule has 10 heteroatoms. The normalized spacial score (nSPS) is 19.7. The highest BCUT2D eigenvalue weighted by atomic mass is 32.2.